The summed E-state index contributed by atoms with van der Waals surface area (Å²) < 4.78 is 0. The van der Waals surface area contributed by atoms with Gasteiger partial charge in [-0.25, -0.2) is 0 Å². The second-order valence-corrected chi connectivity index (χ2v) is 2.29. The molecule has 1 rings (SSSR count). The largest absolute Gasteiger partial charge is 0.506 e. The predicted molar refractivity (Wildman–Crippen MR) is 40.2 cm³/mol. The van der Waals surface area contributed by atoms with Crippen molar-refractivity contribution in [2.24, 2.45) is 5.18 Å². The van der Waals surface area contributed by atoms with Crippen LogP contribution in [0.3, 0.4) is 0 Å². The van der Waals surface area contributed by atoms with Crippen LogP contribution in [0.25, 0.3) is 0 Å². The summed E-state index contributed by atoms with van der Waals surface area (Å²) in [4.78, 5) is 9.94. The summed E-state index contributed by atoms with van der Waals surface area (Å²) in [5, 5.41) is 20.2. The first-order valence-corrected chi connectivity index (χ1v) is 3.08. The second kappa shape index (κ2) is 2.75. The molecule has 11 heavy (non-hydrogen) atoms. The number of phenolic OH excluding ortho intramolecular Hbond substituents is 2. The molecule has 4 nitrogen and oxygen atoms in total. The van der Waals surface area contributed by atoms with Gasteiger partial charge in [-0.05, 0) is 11.2 Å². The van der Waals surface area contributed by atoms with Gasteiger partial charge in [0, 0.05) is 6.07 Å². The average Bonchev–Trinajstić information content (AvgIpc) is 1.97. The standard InChI is InChI=1S/C6H4ClNO3/c7-3-1-4(8-11)6(10)2-5(3)9/h1-2,9-10H. The normalized spacial score (nSPS) is 9.55. The zero-order valence-electron chi connectivity index (χ0n) is 5.28. The monoisotopic (exact) mass is 173 g/mol. The Morgan fingerprint density at radius 1 is 1.27 bits per heavy atom. The quantitative estimate of drug-likeness (QED) is 0.640. The van der Waals surface area contributed by atoms with Crippen molar-refractivity contribution in [3.63, 3.8) is 0 Å². The highest BCUT2D eigenvalue weighted by Gasteiger charge is 2.06. The van der Waals surface area contributed by atoms with E-state index in [2.05, 4.69) is 5.18 Å². The summed E-state index contributed by atoms with van der Waals surface area (Å²) in [6, 6.07) is 2.04. The Balaban J connectivity index is 3.31. The predicted octanol–water partition coefficient (Wildman–Crippen LogP) is 2.15. The number of phenols is 2. The minimum atomic E-state index is -0.387. The van der Waals surface area contributed by atoms with Crippen LogP contribution in [-0.4, -0.2) is 10.2 Å². The van der Waals surface area contributed by atoms with E-state index in [1.807, 2.05) is 0 Å². The van der Waals surface area contributed by atoms with Gasteiger partial charge in [0.2, 0.25) is 0 Å². The van der Waals surface area contributed by atoms with Gasteiger partial charge in [-0.1, -0.05) is 11.6 Å². The van der Waals surface area contributed by atoms with Gasteiger partial charge in [0.25, 0.3) is 0 Å². The van der Waals surface area contributed by atoms with E-state index >= 15 is 0 Å². The Kier molecular flexibility index (Phi) is 1.96. The SMILES string of the molecule is O=Nc1cc(Cl)c(O)cc1O. The van der Waals surface area contributed by atoms with Gasteiger partial charge < -0.3 is 10.2 Å². The molecule has 0 unspecified atom stereocenters. The van der Waals surface area contributed by atoms with Crippen LogP contribution < -0.4 is 0 Å². The van der Waals surface area contributed by atoms with Gasteiger partial charge >= 0.3 is 0 Å². The third kappa shape index (κ3) is 1.40. The fourth-order valence-corrected chi connectivity index (χ4v) is 0.771. The third-order valence-corrected chi connectivity index (χ3v) is 1.45. The molecule has 0 spiro atoms. The highest BCUT2D eigenvalue weighted by Crippen LogP contribution is 2.35. The first-order chi connectivity index (χ1) is 5.15. The van der Waals surface area contributed by atoms with Crippen LogP contribution in [0.4, 0.5) is 5.69 Å². The number of halogens is 1. The highest BCUT2D eigenvalue weighted by molar-refractivity contribution is 6.32. The molecule has 0 saturated heterocycles. The maximum absolute atomic E-state index is 9.94. The van der Waals surface area contributed by atoms with E-state index in [1.54, 1.807) is 0 Å². The van der Waals surface area contributed by atoms with Crippen molar-refractivity contribution in [2.75, 3.05) is 0 Å². The molecule has 0 aliphatic heterocycles. The minimum absolute atomic E-state index is 0.0163. The number of hydrogen-bond donors (Lipinski definition) is 2. The lowest BCUT2D eigenvalue weighted by molar-refractivity contribution is 0.451. The first-order valence-electron chi connectivity index (χ1n) is 2.70. The lowest BCUT2D eigenvalue weighted by Crippen LogP contribution is -1.70. The van der Waals surface area contributed by atoms with Gasteiger partial charge in [0.15, 0.2) is 5.69 Å². The molecular formula is C6H4ClNO3. The average molecular weight is 174 g/mol. The molecular weight excluding hydrogens is 170 g/mol. The zero-order chi connectivity index (χ0) is 8.43. The highest BCUT2D eigenvalue weighted by atomic mass is 35.5. The number of rotatable bonds is 1. The molecule has 0 bridgehead atoms. The molecule has 2 N–H and O–H groups in total. The van der Waals surface area contributed by atoms with Crippen LogP contribution in [0.2, 0.25) is 5.02 Å². The lowest BCUT2D eigenvalue weighted by atomic mass is 10.3. The van der Waals surface area contributed by atoms with E-state index in [9.17, 15) is 4.91 Å². The van der Waals surface area contributed by atoms with E-state index < -0.39 is 0 Å². The van der Waals surface area contributed by atoms with Crippen LogP contribution in [0.15, 0.2) is 17.3 Å². The Morgan fingerprint density at radius 3 is 2.45 bits per heavy atom. The number of nitrogens with zero attached hydrogens (tertiary/aromatic N) is 1. The van der Waals surface area contributed by atoms with E-state index in [4.69, 9.17) is 21.8 Å². The van der Waals surface area contributed by atoms with Crippen LogP contribution >= 0.6 is 11.6 Å². The maximum atomic E-state index is 9.94. The van der Waals surface area contributed by atoms with Crippen molar-refractivity contribution in [1.29, 1.82) is 0 Å². The fourth-order valence-electron chi connectivity index (χ4n) is 0.613. The smallest absolute Gasteiger partial charge is 0.151 e. The van der Waals surface area contributed by atoms with Gasteiger partial charge in [0.05, 0.1) is 5.02 Å². The Bertz CT molecular complexity index is 300. The fraction of sp³-hybridized carbons (Fsp3) is 0. The van der Waals surface area contributed by atoms with E-state index in [-0.39, 0.29) is 22.2 Å². The molecule has 0 radical (unpaired) electrons. The molecule has 0 atom stereocenters. The van der Waals surface area contributed by atoms with E-state index in [0.717, 1.165) is 12.1 Å². The number of benzene rings is 1. The molecule has 1 aromatic carbocycles. The molecule has 5 heteroatoms. The summed E-state index contributed by atoms with van der Waals surface area (Å²) in [7, 11) is 0. The molecule has 0 aliphatic rings. The van der Waals surface area contributed by atoms with E-state index in [1.165, 1.54) is 0 Å². The second-order valence-electron chi connectivity index (χ2n) is 1.88. The van der Waals surface area contributed by atoms with Crippen LogP contribution in [0, 0.1) is 4.91 Å². The van der Waals surface area contributed by atoms with Gasteiger partial charge in [0.1, 0.15) is 11.5 Å². The molecule has 1 aromatic rings. The molecule has 0 heterocycles. The van der Waals surface area contributed by atoms with Crippen molar-refractivity contribution in [1.82, 2.24) is 0 Å². The summed E-state index contributed by atoms with van der Waals surface area (Å²) >= 11 is 5.40. The molecule has 0 fully saturated rings. The lowest BCUT2D eigenvalue weighted by Gasteiger charge is -1.98. The molecule has 0 amide bonds. The maximum Gasteiger partial charge on any atom is 0.151 e. The minimum Gasteiger partial charge on any atom is -0.506 e. The molecule has 0 saturated carbocycles. The van der Waals surface area contributed by atoms with Crippen molar-refractivity contribution in [2.45, 2.75) is 0 Å². The first kappa shape index (κ1) is 7.81. The summed E-state index contributed by atoms with van der Waals surface area (Å²) in [5.74, 6) is -0.668. The summed E-state index contributed by atoms with van der Waals surface area (Å²) in [6.07, 6.45) is 0. The summed E-state index contributed by atoms with van der Waals surface area (Å²) in [6.45, 7) is 0. The Hall–Kier alpha value is -1.29. The number of nitroso groups, excluding NO2 is 1. The number of hydrogen-bond acceptors (Lipinski definition) is 4. The molecule has 0 aliphatic carbocycles. The molecule has 58 valence electrons. The van der Waals surface area contributed by atoms with E-state index in [0.29, 0.717) is 0 Å². The Labute approximate surface area is 67.0 Å². The van der Waals surface area contributed by atoms with Crippen molar-refractivity contribution >= 4 is 17.3 Å². The van der Waals surface area contributed by atoms with Crippen molar-refractivity contribution in [3.8, 4) is 11.5 Å². The van der Waals surface area contributed by atoms with Crippen LogP contribution in [0.5, 0.6) is 11.5 Å². The van der Waals surface area contributed by atoms with Crippen molar-refractivity contribution < 1.29 is 10.2 Å². The third-order valence-electron chi connectivity index (χ3n) is 1.14. The summed E-state index contributed by atoms with van der Waals surface area (Å²) in [5.41, 5.74) is -0.187. The van der Waals surface area contributed by atoms with Crippen molar-refractivity contribution in [3.05, 3.63) is 22.1 Å². The molecule has 0 aromatic heterocycles. The Morgan fingerprint density at radius 2 is 1.91 bits per heavy atom. The number of aromatic hydroxyl groups is 2. The van der Waals surface area contributed by atoms with Gasteiger partial charge in [-0.3, -0.25) is 0 Å². The van der Waals surface area contributed by atoms with Crippen LogP contribution in [0.1, 0.15) is 0 Å². The van der Waals surface area contributed by atoms with Gasteiger partial charge in [-0.15, -0.1) is 4.91 Å². The van der Waals surface area contributed by atoms with Gasteiger partial charge in [-0.2, -0.15) is 0 Å². The van der Waals surface area contributed by atoms with Crippen LogP contribution in [-0.2, 0) is 0 Å². The topological polar surface area (TPSA) is 69.9 Å². The zero-order valence-corrected chi connectivity index (χ0v) is 6.04.